The fourth-order valence-electron chi connectivity index (χ4n) is 3.14. The molecule has 0 aliphatic rings. The van der Waals surface area contributed by atoms with Gasteiger partial charge in [-0.15, -0.1) is 5.10 Å². The van der Waals surface area contributed by atoms with E-state index in [1.807, 2.05) is 28.4 Å². The van der Waals surface area contributed by atoms with Gasteiger partial charge in [-0.1, -0.05) is 30.3 Å². The summed E-state index contributed by atoms with van der Waals surface area (Å²) in [6.07, 6.45) is 3.83. The predicted octanol–water partition coefficient (Wildman–Crippen LogP) is 3.66. The second-order valence-corrected chi connectivity index (χ2v) is 7.66. The summed E-state index contributed by atoms with van der Waals surface area (Å²) in [6.45, 7) is 3.64. The number of benzene rings is 1. The van der Waals surface area contributed by atoms with Gasteiger partial charge < -0.3 is 13.9 Å². The molecule has 0 aliphatic carbocycles. The van der Waals surface area contributed by atoms with Crippen LogP contribution in [0, 0.1) is 4.77 Å². The normalized spacial score (nSPS) is 11.6. The van der Waals surface area contributed by atoms with Crippen molar-refractivity contribution < 1.29 is 4.42 Å². The Morgan fingerprint density at radius 3 is 2.50 bits per heavy atom. The molecule has 0 amide bonds. The van der Waals surface area contributed by atoms with Crippen LogP contribution in [0.1, 0.15) is 12.0 Å². The zero-order valence-corrected chi connectivity index (χ0v) is 17.7. The van der Waals surface area contributed by atoms with Gasteiger partial charge in [-0.3, -0.25) is 4.90 Å². The lowest BCUT2D eigenvalue weighted by Crippen LogP contribution is -2.34. The number of rotatable bonds is 10. The molecule has 0 bridgehead atoms. The van der Waals surface area contributed by atoms with E-state index in [2.05, 4.69) is 54.2 Å². The number of hydrogen-bond acceptors (Lipinski definition) is 5. The molecule has 2 aromatic heterocycles. The van der Waals surface area contributed by atoms with Crippen molar-refractivity contribution in [3.63, 3.8) is 0 Å². The van der Waals surface area contributed by atoms with Gasteiger partial charge in [0, 0.05) is 26.7 Å². The van der Waals surface area contributed by atoms with Gasteiger partial charge in [-0.05, 0) is 56.9 Å². The van der Waals surface area contributed by atoms with Crippen molar-refractivity contribution in [3.8, 4) is 11.6 Å². The number of furan rings is 1. The fourth-order valence-corrected chi connectivity index (χ4v) is 3.32. The van der Waals surface area contributed by atoms with E-state index in [9.17, 15) is 0 Å². The zero-order valence-electron chi connectivity index (χ0n) is 16.9. The molecule has 0 aliphatic heterocycles. The number of hydrogen-bond donors (Lipinski definition) is 0. The highest BCUT2D eigenvalue weighted by Crippen LogP contribution is 2.17. The summed E-state index contributed by atoms with van der Waals surface area (Å²) in [5.41, 5.74) is 1.38. The summed E-state index contributed by atoms with van der Waals surface area (Å²) in [4.78, 5) is 4.62. The van der Waals surface area contributed by atoms with Crippen LogP contribution in [-0.4, -0.2) is 57.9 Å². The molecule has 0 N–H and O–H groups in total. The lowest BCUT2D eigenvalue weighted by atomic mass is 10.1. The molecule has 0 saturated heterocycles. The maximum absolute atomic E-state index is 5.62. The number of aromatic nitrogens is 3. The zero-order chi connectivity index (χ0) is 19.9. The van der Waals surface area contributed by atoms with Crippen molar-refractivity contribution in [2.24, 2.45) is 7.05 Å². The van der Waals surface area contributed by atoms with E-state index in [0.29, 0.717) is 11.4 Å². The van der Waals surface area contributed by atoms with Crippen LogP contribution in [0.2, 0.25) is 0 Å². The molecular weight excluding hydrogens is 370 g/mol. The average molecular weight is 400 g/mol. The van der Waals surface area contributed by atoms with Crippen LogP contribution < -0.4 is 0 Å². The van der Waals surface area contributed by atoms with Crippen LogP contribution in [0.25, 0.3) is 11.6 Å². The van der Waals surface area contributed by atoms with E-state index in [1.165, 1.54) is 5.56 Å². The summed E-state index contributed by atoms with van der Waals surface area (Å²) < 4.78 is 10.0. The molecule has 7 heteroatoms. The number of aryl methyl sites for hydroxylation is 1. The third-order valence-electron chi connectivity index (χ3n) is 4.76. The van der Waals surface area contributed by atoms with Gasteiger partial charge in [-0.25, -0.2) is 4.68 Å². The Morgan fingerprint density at radius 1 is 1.04 bits per heavy atom. The third-order valence-corrected chi connectivity index (χ3v) is 5.25. The molecule has 3 aromatic rings. The van der Waals surface area contributed by atoms with E-state index in [1.54, 1.807) is 6.26 Å². The van der Waals surface area contributed by atoms with Crippen LogP contribution in [0.15, 0.2) is 53.1 Å². The van der Waals surface area contributed by atoms with E-state index in [-0.39, 0.29) is 0 Å². The molecule has 1 aromatic carbocycles. The van der Waals surface area contributed by atoms with Crippen molar-refractivity contribution in [2.75, 3.05) is 33.7 Å². The Morgan fingerprint density at radius 2 is 1.82 bits per heavy atom. The average Bonchev–Trinajstić information content (AvgIpc) is 3.31. The molecule has 0 fully saturated rings. The molecule has 0 spiro atoms. The highest BCUT2D eigenvalue weighted by Gasteiger charge is 2.14. The van der Waals surface area contributed by atoms with Crippen molar-refractivity contribution in [1.82, 2.24) is 24.1 Å². The molecule has 150 valence electrons. The first-order valence-electron chi connectivity index (χ1n) is 9.63. The molecular formula is C21H29N5OS. The first-order chi connectivity index (χ1) is 13.5. The van der Waals surface area contributed by atoms with Crippen LogP contribution in [0.3, 0.4) is 0 Å². The van der Waals surface area contributed by atoms with Gasteiger partial charge in [0.05, 0.1) is 12.9 Å². The summed E-state index contributed by atoms with van der Waals surface area (Å²) in [5.74, 6) is 1.49. The Hall–Kier alpha value is -2.22. The Balaban J connectivity index is 1.68. The van der Waals surface area contributed by atoms with Crippen molar-refractivity contribution in [2.45, 2.75) is 19.5 Å². The van der Waals surface area contributed by atoms with E-state index in [4.69, 9.17) is 21.7 Å². The fraction of sp³-hybridized carbons (Fsp3) is 0.429. The van der Waals surface area contributed by atoms with E-state index >= 15 is 0 Å². The van der Waals surface area contributed by atoms with Gasteiger partial charge in [0.1, 0.15) is 0 Å². The van der Waals surface area contributed by atoms with Crippen LogP contribution in [0.5, 0.6) is 0 Å². The largest absolute Gasteiger partial charge is 0.461 e. The molecule has 28 heavy (non-hydrogen) atoms. The molecule has 0 radical (unpaired) electrons. The summed E-state index contributed by atoms with van der Waals surface area (Å²) >= 11 is 5.62. The molecule has 6 nitrogen and oxygen atoms in total. The maximum atomic E-state index is 5.62. The van der Waals surface area contributed by atoms with Crippen molar-refractivity contribution >= 4 is 12.2 Å². The first-order valence-corrected chi connectivity index (χ1v) is 10.0. The summed E-state index contributed by atoms with van der Waals surface area (Å²) in [7, 11) is 6.14. The summed E-state index contributed by atoms with van der Waals surface area (Å²) in [6, 6.07) is 14.4. The minimum atomic E-state index is 0.677. The molecule has 2 heterocycles. The topological polar surface area (TPSA) is 42.4 Å². The SMILES string of the molecule is CN(C)CCN(CCCc1ccccc1)Cn1nc(-c2ccco2)n(C)c1=S. The monoisotopic (exact) mass is 399 g/mol. The number of nitrogens with zero attached hydrogens (tertiary/aromatic N) is 5. The van der Waals surface area contributed by atoms with Gasteiger partial charge in [0.2, 0.25) is 0 Å². The van der Waals surface area contributed by atoms with Gasteiger partial charge in [0.15, 0.2) is 16.4 Å². The highest BCUT2D eigenvalue weighted by molar-refractivity contribution is 7.71. The van der Waals surface area contributed by atoms with E-state index in [0.717, 1.165) is 44.1 Å². The smallest absolute Gasteiger partial charge is 0.199 e. The van der Waals surface area contributed by atoms with E-state index < -0.39 is 0 Å². The second kappa shape index (κ2) is 9.82. The second-order valence-electron chi connectivity index (χ2n) is 7.29. The molecule has 0 saturated carbocycles. The molecule has 0 unspecified atom stereocenters. The van der Waals surface area contributed by atoms with Crippen LogP contribution >= 0.6 is 12.2 Å². The lowest BCUT2D eigenvalue weighted by Gasteiger charge is -2.23. The Kier molecular flexibility index (Phi) is 7.19. The van der Waals surface area contributed by atoms with Gasteiger partial charge in [0.25, 0.3) is 0 Å². The van der Waals surface area contributed by atoms with Gasteiger partial charge >= 0.3 is 0 Å². The molecule has 0 atom stereocenters. The first kappa shape index (κ1) is 20.5. The van der Waals surface area contributed by atoms with Crippen molar-refractivity contribution in [3.05, 3.63) is 59.1 Å². The summed E-state index contributed by atoms with van der Waals surface area (Å²) in [5, 5.41) is 4.71. The standard InChI is InChI=1S/C21H29N5OS/c1-23(2)14-15-25(13-7-11-18-9-5-4-6-10-18)17-26-21(28)24(3)20(22-26)19-12-8-16-27-19/h4-6,8-10,12,16H,7,11,13-15,17H2,1-3H3. The maximum Gasteiger partial charge on any atom is 0.199 e. The Bertz CT molecular complexity index is 899. The lowest BCUT2D eigenvalue weighted by molar-refractivity contribution is 0.184. The van der Waals surface area contributed by atoms with Crippen LogP contribution in [-0.2, 0) is 20.1 Å². The minimum absolute atomic E-state index is 0.677. The predicted molar refractivity (Wildman–Crippen MR) is 115 cm³/mol. The van der Waals surface area contributed by atoms with Crippen LogP contribution in [0.4, 0.5) is 0 Å². The third kappa shape index (κ3) is 5.41. The highest BCUT2D eigenvalue weighted by atomic mass is 32.1. The van der Waals surface area contributed by atoms with Gasteiger partial charge in [-0.2, -0.15) is 0 Å². The minimum Gasteiger partial charge on any atom is -0.461 e. The van der Waals surface area contributed by atoms with Crippen molar-refractivity contribution in [1.29, 1.82) is 0 Å². The Labute approximate surface area is 172 Å². The number of likely N-dealkylation sites (N-methyl/N-ethyl adjacent to an activating group) is 1. The quantitative estimate of drug-likeness (QED) is 0.487. The molecule has 3 rings (SSSR count).